The molecule has 3 heterocycles. The zero-order valence-electron chi connectivity index (χ0n) is 17.7. The molecule has 2 aromatic carbocycles. The highest BCUT2D eigenvalue weighted by Gasteiger charge is 2.49. The van der Waals surface area contributed by atoms with Crippen molar-refractivity contribution in [1.82, 2.24) is 8.75 Å². The third kappa shape index (κ3) is 3.40. The van der Waals surface area contributed by atoms with Crippen molar-refractivity contribution in [3.8, 4) is 5.75 Å². The first-order valence-corrected chi connectivity index (χ1v) is 11.6. The summed E-state index contributed by atoms with van der Waals surface area (Å²) in [6.07, 6.45) is 0.340. The highest BCUT2D eigenvalue weighted by Crippen LogP contribution is 2.46. The van der Waals surface area contributed by atoms with E-state index < -0.39 is 11.8 Å². The number of fused-ring (bicyclic) bond motifs is 1. The smallest absolute Gasteiger partial charge is 0.342 e. The Labute approximate surface area is 193 Å². The molecule has 0 bridgehead atoms. The number of aromatic nitrogens is 2. The normalized spacial score (nSPS) is 18.4. The monoisotopic (exact) mass is 464 g/mol. The van der Waals surface area contributed by atoms with Crippen LogP contribution in [-0.2, 0) is 21.7 Å². The predicted octanol–water partition coefficient (Wildman–Crippen LogP) is 4.78. The van der Waals surface area contributed by atoms with E-state index in [1.54, 1.807) is 7.11 Å². The molecule has 0 fully saturated rings. The molecule has 1 unspecified atom stereocenters. The third-order valence-electron chi connectivity index (χ3n) is 5.60. The van der Waals surface area contributed by atoms with Gasteiger partial charge in [-0.25, -0.2) is 4.79 Å². The topological polar surface area (TPSA) is 81.5 Å². The Morgan fingerprint density at radius 2 is 1.91 bits per heavy atom. The van der Waals surface area contributed by atoms with Gasteiger partial charge in [0, 0.05) is 12.0 Å². The molecule has 0 radical (unpaired) electrons. The van der Waals surface area contributed by atoms with E-state index in [2.05, 4.69) is 8.75 Å². The number of carbonyl (C=O) groups is 1. The fraction of sp³-hybridized carbons (Fsp3) is 0.208. The lowest BCUT2D eigenvalue weighted by atomic mass is 9.90. The van der Waals surface area contributed by atoms with Crippen LogP contribution < -0.4 is 4.74 Å². The molecule has 0 spiro atoms. The maximum Gasteiger partial charge on any atom is 0.342 e. The highest BCUT2D eigenvalue weighted by atomic mass is 32.1. The second kappa shape index (κ2) is 7.81. The van der Waals surface area contributed by atoms with Gasteiger partial charge in [-0.05, 0) is 65.7 Å². The van der Waals surface area contributed by atoms with Crippen molar-refractivity contribution in [2.75, 3.05) is 7.11 Å². The van der Waals surface area contributed by atoms with Crippen molar-refractivity contribution in [2.45, 2.75) is 26.1 Å². The third-order valence-corrected chi connectivity index (χ3v) is 7.30. The van der Waals surface area contributed by atoms with Gasteiger partial charge in [0.1, 0.15) is 16.8 Å². The number of hydrogen-bond donors (Lipinski definition) is 1. The molecule has 0 amide bonds. The Bertz CT molecular complexity index is 1390. The van der Waals surface area contributed by atoms with Crippen molar-refractivity contribution in [2.24, 2.45) is 0 Å². The fourth-order valence-corrected chi connectivity index (χ4v) is 5.52. The van der Waals surface area contributed by atoms with E-state index in [1.165, 1.54) is 11.3 Å². The summed E-state index contributed by atoms with van der Waals surface area (Å²) in [5.74, 6) is -1.59. The second-order valence-corrected chi connectivity index (χ2v) is 9.26. The zero-order chi connectivity index (χ0) is 22.5. The van der Waals surface area contributed by atoms with E-state index in [9.17, 15) is 9.90 Å². The van der Waals surface area contributed by atoms with E-state index in [0.29, 0.717) is 33.5 Å². The molecule has 0 saturated heterocycles. The number of carbonyl (C=O) groups excluding carboxylic acids is 1. The van der Waals surface area contributed by atoms with Gasteiger partial charge in [0.2, 0.25) is 0 Å². The zero-order valence-corrected chi connectivity index (χ0v) is 19.3. The van der Waals surface area contributed by atoms with Gasteiger partial charge in [-0.1, -0.05) is 18.2 Å². The van der Waals surface area contributed by atoms with Crippen LogP contribution in [0.2, 0.25) is 0 Å². The largest absolute Gasteiger partial charge is 0.496 e. The molecule has 4 aromatic rings. The number of esters is 1. The average Bonchev–Trinajstić information content (AvgIpc) is 3.47. The number of hydrogen-bond acceptors (Lipinski definition) is 8. The molecular formula is C24H20N2O4S2. The first kappa shape index (κ1) is 20.8. The quantitative estimate of drug-likeness (QED) is 0.428. The maximum absolute atomic E-state index is 13.1. The van der Waals surface area contributed by atoms with Crippen LogP contribution in [0, 0.1) is 13.8 Å². The van der Waals surface area contributed by atoms with E-state index in [-0.39, 0.29) is 0 Å². The Kier molecular flexibility index (Phi) is 5.08. The molecular weight excluding hydrogens is 444 g/mol. The molecule has 0 aliphatic carbocycles. The average molecular weight is 465 g/mol. The van der Waals surface area contributed by atoms with Gasteiger partial charge in [0.05, 0.1) is 29.3 Å². The maximum atomic E-state index is 13.1. The van der Waals surface area contributed by atoms with Gasteiger partial charge in [0.25, 0.3) is 5.79 Å². The summed E-state index contributed by atoms with van der Waals surface area (Å²) in [5.41, 5.74) is 5.91. The van der Waals surface area contributed by atoms with Crippen molar-refractivity contribution >= 4 is 45.6 Å². The van der Waals surface area contributed by atoms with Crippen molar-refractivity contribution < 1.29 is 19.4 Å². The molecule has 8 heteroatoms. The summed E-state index contributed by atoms with van der Waals surface area (Å²) >= 11 is 2.49. The molecule has 1 aliphatic rings. The Morgan fingerprint density at radius 1 is 1.09 bits per heavy atom. The Hall–Kier alpha value is -3.07. The van der Waals surface area contributed by atoms with Crippen LogP contribution in [0.5, 0.6) is 5.75 Å². The number of thiophene rings is 1. The minimum atomic E-state index is -1.82. The van der Waals surface area contributed by atoms with Crippen molar-refractivity contribution in [3.05, 3.63) is 80.5 Å². The second-order valence-electron chi connectivity index (χ2n) is 7.82. The summed E-state index contributed by atoms with van der Waals surface area (Å²) in [4.78, 5) is 13.7. The van der Waals surface area contributed by atoms with Crippen LogP contribution in [0.3, 0.4) is 0 Å². The molecule has 1 atom stereocenters. The number of aryl methyl sites for hydroxylation is 2. The van der Waals surface area contributed by atoms with E-state index in [0.717, 1.165) is 39.7 Å². The molecule has 162 valence electrons. The van der Waals surface area contributed by atoms with Gasteiger partial charge in [-0.3, -0.25) is 0 Å². The molecule has 5 rings (SSSR count). The molecule has 32 heavy (non-hydrogen) atoms. The van der Waals surface area contributed by atoms with Gasteiger partial charge in [-0.2, -0.15) is 8.75 Å². The van der Waals surface area contributed by atoms with E-state index in [4.69, 9.17) is 9.47 Å². The van der Waals surface area contributed by atoms with E-state index >= 15 is 0 Å². The molecule has 6 nitrogen and oxygen atoms in total. The number of aliphatic hydroxyl groups is 1. The molecule has 1 N–H and O–H groups in total. The number of nitrogens with zero attached hydrogens (tertiary/aromatic N) is 2. The number of methoxy groups -OCH3 is 1. The van der Waals surface area contributed by atoms with Crippen LogP contribution in [0.1, 0.15) is 27.1 Å². The van der Waals surface area contributed by atoms with E-state index in [1.807, 2.05) is 61.7 Å². The lowest BCUT2D eigenvalue weighted by Crippen LogP contribution is -2.28. The van der Waals surface area contributed by atoms with Gasteiger partial charge in [0.15, 0.2) is 0 Å². The summed E-state index contributed by atoms with van der Waals surface area (Å²) in [7, 11) is 1.63. The highest BCUT2D eigenvalue weighted by molar-refractivity contribution is 7.10. The molecule has 1 aliphatic heterocycles. The summed E-state index contributed by atoms with van der Waals surface area (Å²) in [5, 5.41) is 13.6. The lowest BCUT2D eigenvalue weighted by Gasteiger charge is -2.24. The Morgan fingerprint density at radius 3 is 2.62 bits per heavy atom. The SMILES string of the molecule is COc1ccc(CC2=C(c3ccc4nsnc4c3)C(=O)OC2(O)c2cc(C)cs2)cc1C. The van der Waals surface area contributed by atoms with Gasteiger partial charge < -0.3 is 14.6 Å². The molecule has 2 aromatic heterocycles. The molecule has 0 saturated carbocycles. The first-order chi connectivity index (χ1) is 15.4. The van der Waals surface area contributed by atoms with Crippen LogP contribution in [0.15, 0.2) is 53.4 Å². The van der Waals surface area contributed by atoms with Crippen LogP contribution in [0.25, 0.3) is 16.6 Å². The van der Waals surface area contributed by atoms with Crippen LogP contribution in [-0.4, -0.2) is 26.9 Å². The summed E-state index contributed by atoms with van der Waals surface area (Å²) in [6.45, 7) is 3.91. The number of ether oxygens (including phenoxy) is 2. The number of benzene rings is 2. The minimum Gasteiger partial charge on any atom is -0.496 e. The number of cyclic esters (lactones) is 1. The predicted molar refractivity (Wildman–Crippen MR) is 125 cm³/mol. The number of rotatable bonds is 5. The first-order valence-electron chi connectivity index (χ1n) is 10.00. The summed E-state index contributed by atoms with van der Waals surface area (Å²) < 4.78 is 19.6. The lowest BCUT2D eigenvalue weighted by molar-refractivity contribution is -0.184. The fourth-order valence-electron chi connectivity index (χ4n) is 4.04. The van der Waals surface area contributed by atoms with Crippen LogP contribution >= 0.6 is 23.1 Å². The van der Waals surface area contributed by atoms with Gasteiger partial charge in [-0.15, -0.1) is 11.3 Å². The van der Waals surface area contributed by atoms with Crippen molar-refractivity contribution in [1.29, 1.82) is 0 Å². The van der Waals surface area contributed by atoms with Crippen LogP contribution in [0.4, 0.5) is 0 Å². The van der Waals surface area contributed by atoms with Gasteiger partial charge >= 0.3 is 5.97 Å². The summed E-state index contributed by atoms with van der Waals surface area (Å²) in [6, 6.07) is 13.2. The standard InChI is InChI=1S/C24H20N2O4S2/c1-13-8-21(31-12-13)24(28)17(10-15-4-7-20(29-3)14(2)9-15)22(23(27)30-24)16-5-6-18-19(11-16)26-32-25-18/h4-9,11-12,28H,10H2,1-3H3. The minimum absolute atomic E-state index is 0.340. The Balaban J connectivity index is 1.69. The van der Waals surface area contributed by atoms with Crippen molar-refractivity contribution in [3.63, 3.8) is 0 Å².